The lowest BCUT2D eigenvalue weighted by Gasteiger charge is -2.24. The van der Waals surface area contributed by atoms with Crippen molar-refractivity contribution in [3.05, 3.63) is 46.7 Å². The Morgan fingerprint density at radius 1 is 1.27 bits per heavy atom. The highest BCUT2D eigenvalue weighted by molar-refractivity contribution is 5.96. The molecule has 0 saturated carbocycles. The predicted octanol–water partition coefficient (Wildman–Crippen LogP) is 3.23. The van der Waals surface area contributed by atoms with E-state index in [0.29, 0.717) is 24.0 Å². The standard InChI is InChI=1S/C20H27N5O/c1-5-15(16-7-6-13(4)11-22-16)23-19-14-8-9-21-20(26)18(14)24-17(25-19)10-12(2)3/h6-7,11-12,15H,5,8-10H2,1-4H3,(H,21,26)(H,23,24,25). The van der Waals surface area contributed by atoms with Crippen molar-refractivity contribution in [2.24, 2.45) is 5.92 Å². The molecule has 0 aliphatic carbocycles. The molecule has 2 aromatic heterocycles. The molecule has 0 spiro atoms. The lowest BCUT2D eigenvalue weighted by Crippen LogP contribution is -2.34. The van der Waals surface area contributed by atoms with E-state index in [1.54, 1.807) is 0 Å². The number of hydrogen-bond donors (Lipinski definition) is 2. The van der Waals surface area contributed by atoms with E-state index >= 15 is 0 Å². The first-order valence-corrected chi connectivity index (χ1v) is 9.35. The number of anilines is 1. The van der Waals surface area contributed by atoms with E-state index in [-0.39, 0.29) is 11.9 Å². The fourth-order valence-corrected chi connectivity index (χ4v) is 3.15. The molecule has 6 nitrogen and oxygen atoms in total. The van der Waals surface area contributed by atoms with Crippen LogP contribution in [0.25, 0.3) is 0 Å². The Balaban J connectivity index is 1.97. The molecular weight excluding hydrogens is 326 g/mol. The predicted molar refractivity (Wildman–Crippen MR) is 102 cm³/mol. The Kier molecular flexibility index (Phi) is 5.49. The summed E-state index contributed by atoms with van der Waals surface area (Å²) in [5.74, 6) is 1.80. The molecule has 0 radical (unpaired) electrons. The summed E-state index contributed by atoms with van der Waals surface area (Å²) in [5, 5.41) is 6.42. The van der Waals surface area contributed by atoms with Crippen molar-refractivity contribution < 1.29 is 4.79 Å². The largest absolute Gasteiger partial charge is 0.361 e. The molecular formula is C20H27N5O. The Bertz CT molecular complexity index is 786. The van der Waals surface area contributed by atoms with Crippen molar-refractivity contribution in [1.29, 1.82) is 0 Å². The second kappa shape index (κ2) is 7.81. The van der Waals surface area contributed by atoms with Gasteiger partial charge < -0.3 is 10.6 Å². The van der Waals surface area contributed by atoms with E-state index in [1.165, 1.54) is 0 Å². The van der Waals surface area contributed by atoms with Crippen molar-refractivity contribution in [3.8, 4) is 0 Å². The zero-order valence-electron chi connectivity index (χ0n) is 16.0. The first-order valence-electron chi connectivity index (χ1n) is 9.35. The minimum absolute atomic E-state index is 0.0477. The molecule has 1 aliphatic rings. The first-order chi connectivity index (χ1) is 12.5. The maximum Gasteiger partial charge on any atom is 0.270 e. The van der Waals surface area contributed by atoms with E-state index in [1.807, 2.05) is 19.2 Å². The molecule has 1 amide bonds. The van der Waals surface area contributed by atoms with Gasteiger partial charge in [0.15, 0.2) is 0 Å². The van der Waals surface area contributed by atoms with Crippen molar-refractivity contribution in [3.63, 3.8) is 0 Å². The summed E-state index contributed by atoms with van der Waals surface area (Å²) in [6.45, 7) is 9.02. The third-order valence-electron chi connectivity index (χ3n) is 4.53. The molecule has 3 rings (SSSR count). The number of hydrogen-bond acceptors (Lipinski definition) is 5. The molecule has 0 fully saturated rings. The SMILES string of the molecule is CCC(Nc1nc(CC(C)C)nc2c1CCNC2=O)c1ccc(C)cn1. The van der Waals surface area contributed by atoms with Crippen LogP contribution in [0, 0.1) is 12.8 Å². The maximum atomic E-state index is 12.3. The van der Waals surface area contributed by atoms with Crippen molar-refractivity contribution >= 4 is 11.7 Å². The van der Waals surface area contributed by atoms with Gasteiger partial charge in [-0.05, 0) is 37.3 Å². The highest BCUT2D eigenvalue weighted by Crippen LogP contribution is 2.26. The fourth-order valence-electron chi connectivity index (χ4n) is 3.15. The third-order valence-corrected chi connectivity index (χ3v) is 4.53. The van der Waals surface area contributed by atoms with E-state index in [9.17, 15) is 4.79 Å². The van der Waals surface area contributed by atoms with Gasteiger partial charge >= 0.3 is 0 Å². The van der Waals surface area contributed by atoms with Gasteiger partial charge in [0.05, 0.1) is 11.7 Å². The average Bonchev–Trinajstić information content (AvgIpc) is 2.61. The molecule has 1 aliphatic heterocycles. The lowest BCUT2D eigenvalue weighted by atomic mass is 10.0. The third kappa shape index (κ3) is 4.00. The van der Waals surface area contributed by atoms with E-state index in [4.69, 9.17) is 4.98 Å². The Labute approximate surface area is 154 Å². The summed E-state index contributed by atoms with van der Waals surface area (Å²) in [5.41, 5.74) is 3.54. The highest BCUT2D eigenvalue weighted by Gasteiger charge is 2.25. The molecule has 26 heavy (non-hydrogen) atoms. The topological polar surface area (TPSA) is 79.8 Å². The molecule has 0 aromatic carbocycles. The highest BCUT2D eigenvalue weighted by atomic mass is 16.1. The summed E-state index contributed by atoms with van der Waals surface area (Å²) in [6.07, 6.45) is 4.24. The number of pyridine rings is 1. The van der Waals surface area contributed by atoms with Crippen LogP contribution >= 0.6 is 0 Å². The summed E-state index contributed by atoms with van der Waals surface area (Å²) < 4.78 is 0. The second-order valence-electron chi connectivity index (χ2n) is 7.29. The number of amides is 1. The van der Waals surface area contributed by atoms with Gasteiger partial charge in [0.25, 0.3) is 5.91 Å². The van der Waals surface area contributed by atoms with Crippen LogP contribution in [0.3, 0.4) is 0 Å². The van der Waals surface area contributed by atoms with Crippen LogP contribution in [-0.4, -0.2) is 27.4 Å². The number of carbonyl (C=O) groups excluding carboxylic acids is 1. The first kappa shape index (κ1) is 18.3. The normalized spacial score (nSPS) is 14.7. The van der Waals surface area contributed by atoms with Gasteiger partial charge in [-0.25, -0.2) is 9.97 Å². The quantitative estimate of drug-likeness (QED) is 0.833. The van der Waals surface area contributed by atoms with Gasteiger partial charge in [-0.1, -0.05) is 26.8 Å². The van der Waals surface area contributed by atoms with E-state index < -0.39 is 0 Å². The molecule has 0 saturated heterocycles. The molecule has 0 bridgehead atoms. The minimum Gasteiger partial charge on any atom is -0.361 e. The van der Waals surface area contributed by atoms with Crippen LogP contribution in [0.15, 0.2) is 18.3 Å². The average molecular weight is 353 g/mol. The summed E-state index contributed by atoms with van der Waals surface area (Å²) >= 11 is 0. The van der Waals surface area contributed by atoms with Gasteiger partial charge in [-0.2, -0.15) is 0 Å². The lowest BCUT2D eigenvalue weighted by molar-refractivity contribution is 0.0940. The zero-order chi connectivity index (χ0) is 18.7. The fraction of sp³-hybridized carbons (Fsp3) is 0.500. The van der Waals surface area contributed by atoms with Crippen molar-refractivity contribution in [2.45, 2.75) is 53.0 Å². The number of nitrogens with one attached hydrogen (secondary N) is 2. The number of fused-ring (bicyclic) bond motifs is 1. The smallest absolute Gasteiger partial charge is 0.270 e. The zero-order valence-corrected chi connectivity index (χ0v) is 16.0. The monoisotopic (exact) mass is 353 g/mol. The van der Waals surface area contributed by atoms with Crippen LogP contribution in [0.2, 0.25) is 0 Å². The molecule has 1 unspecified atom stereocenters. The number of rotatable bonds is 6. The number of aromatic nitrogens is 3. The molecule has 3 heterocycles. The van der Waals surface area contributed by atoms with Crippen LogP contribution in [-0.2, 0) is 12.8 Å². The van der Waals surface area contributed by atoms with Gasteiger partial charge in [0, 0.05) is 24.7 Å². The molecule has 6 heteroatoms. The van der Waals surface area contributed by atoms with Crippen LogP contribution in [0.4, 0.5) is 5.82 Å². The van der Waals surface area contributed by atoms with Gasteiger partial charge in [0.1, 0.15) is 17.3 Å². The molecule has 138 valence electrons. The van der Waals surface area contributed by atoms with Crippen LogP contribution in [0.5, 0.6) is 0 Å². The van der Waals surface area contributed by atoms with Gasteiger partial charge in [0.2, 0.25) is 0 Å². The minimum atomic E-state index is -0.108. The van der Waals surface area contributed by atoms with E-state index in [0.717, 1.165) is 41.9 Å². The van der Waals surface area contributed by atoms with Crippen molar-refractivity contribution in [1.82, 2.24) is 20.3 Å². The second-order valence-corrected chi connectivity index (χ2v) is 7.29. The van der Waals surface area contributed by atoms with Crippen molar-refractivity contribution in [2.75, 3.05) is 11.9 Å². The Morgan fingerprint density at radius 3 is 2.73 bits per heavy atom. The number of nitrogens with zero attached hydrogens (tertiary/aromatic N) is 3. The van der Waals surface area contributed by atoms with Gasteiger partial charge in [-0.15, -0.1) is 0 Å². The Morgan fingerprint density at radius 2 is 2.08 bits per heavy atom. The van der Waals surface area contributed by atoms with Crippen LogP contribution < -0.4 is 10.6 Å². The Hall–Kier alpha value is -2.50. The van der Waals surface area contributed by atoms with Gasteiger partial charge in [-0.3, -0.25) is 9.78 Å². The molecule has 1 atom stereocenters. The summed E-state index contributed by atoms with van der Waals surface area (Å²) in [7, 11) is 0. The number of aryl methyl sites for hydroxylation is 1. The maximum absolute atomic E-state index is 12.3. The molecule has 2 N–H and O–H groups in total. The number of carbonyl (C=O) groups is 1. The van der Waals surface area contributed by atoms with Crippen LogP contribution in [0.1, 0.15) is 66.4 Å². The van der Waals surface area contributed by atoms with E-state index in [2.05, 4.69) is 47.4 Å². The summed E-state index contributed by atoms with van der Waals surface area (Å²) in [4.78, 5) is 26.2. The summed E-state index contributed by atoms with van der Waals surface area (Å²) in [6, 6.07) is 4.16. The molecule has 2 aromatic rings.